The number of alkyl halides is 1. The molecular weight excluding hydrogens is 300 g/mol. The molecule has 2 unspecified atom stereocenters. The Hall–Kier alpha value is 0.120. The lowest BCUT2D eigenvalue weighted by Crippen LogP contribution is -2.51. The monoisotopic (exact) mass is 324 g/mol. The predicted octanol–water partition coefficient (Wildman–Crippen LogP) is 1.68. The van der Waals surface area contributed by atoms with Gasteiger partial charge in [-0.15, -0.1) is 11.6 Å². The number of piperidine rings is 1. The second-order valence-electron chi connectivity index (χ2n) is 5.79. The van der Waals surface area contributed by atoms with E-state index in [-0.39, 0.29) is 6.04 Å². The molecule has 0 bridgehead atoms. The predicted molar refractivity (Wildman–Crippen MR) is 80.2 cm³/mol. The highest BCUT2D eigenvalue weighted by Gasteiger charge is 2.35. The maximum atomic E-state index is 12.7. The standard InChI is InChI=1S/C13H25ClN2O3S/c1-15(10-12-5-4-8-19-11-12)20(17,18)16-7-3-2-6-13(16)9-14/h12-13H,2-11H2,1H3. The zero-order valence-electron chi connectivity index (χ0n) is 12.1. The van der Waals surface area contributed by atoms with Crippen molar-refractivity contribution in [3.8, 4) is 0 Å². The first kappa shape index (κ1) is 16.5. The summed E-state index contributed by atoms with van der Waals surface area (Å²) in [5, 5.41) is 0. The Morgan fingerprint density at radius 2 is 2.10 bits per heavy atom. The van der Waals surface area contributed by atoms with Gasteiger partial charge >= 0.3 is 0 Å². The Labute approximate surface area is 127 Å². The van der Waals surface area contributed by atoms with Crippen LogP contribution in [0.25, 0.3) is 0 Å². The molecule has 118 valence electrons. The fraction of sp³-hybridized carbons (Fsp3) is 1.00. The molecule has 7 heteroatoms. The van der Waals surface area contributed by atoms with Gasteiger partial charge in [0.25, 0.3) is 10.2 Å². The van der Waals surface area contributed by atoms with Crippen molar-refractivity contribution in [3.05, 3.63) is 0 Å². The van der Waals surface area contributed by atoms with Gasteiger partial charge in [-0.3, -0.25) is 0 Å². The molecule has 0 radical (unpaired) electrons. The topological polar surface area (TPSA) is 49.9 Å². The van der Waals surface area contributed by atoms with Crippen LogP contribution in [0.3, 0.4) is 0 Å². The summed E-state index contributed by atoms with van der Waals surface area (Å²) in [5.41, 5.74) is 0. The first-order chi connectivity index (χ1) is 9.55. The fourth-order valence-electron chi connectivity index (χ4n) is 3.02. The van der Waals surface area contributed by atoms with Crippen molar-refractivity contribution in [1.82, 2.24) is 8.61 Å². The van der Waals surface area contributed by atoms with Gasteiger partial charge in [-0.25, -0.2) is 0 Å². The summed E-state index contributed by atoms with van der Waals surface area (Å²) in [7, 11) is -1.73. The maximum Gasteiger partial charge on any atom is 0.282 e. The second kappa shape index (κ2) is 7.40. The van der Waals surface area contributed by atoms with Crippen molar-refractivity contribution < 1.29 is 13.2 Å². The van der Waals surface area contributed by atoms with Crippen LogP contribution in [0.5, 0.6) is 0 Å². The van der Waals surface area contributed by atoms with Crippen molar-refractivity contribution in [2.24, 2.45) is 5.92 Å². The van der Waals surface area contributed by atoms with Gasteiger partial charge in [-0.2, -0.15) is 17.0 Å². The van der Waals surface area contributed by atoms with Gasteiger partial charge in [0, 0.05) is 38.7 Å². The van der Waals surface area contributed by atoms with E-state index in [0.717, 1.165) is 38.7 Å². The molecule has 2 heterocycles. The summed E-state index contributed by atoms with van der Waals surface area (Å²) in [6.07, 6.45) is 4.91. The van der Waals surface area contributed by atoms with Gasteiger partial charge in [0.05, 0.1) is 6.61 Å². The average molecular weight is 325 g/mol. The molecule has 5 nitrogen and oxygen atoms in total. The van der Waals surface area contributed by atoms with E-state index in [9.17, 15) is 8.42 Å². The Bertz CT molecular complexity index is 398. The fourth-order valence-corrected chi connectivity index (χ4v) is 5.10. The summed E-state index contributed by atoms with van der Waals surface area (Å²) in [6.45, 7) is 2.59. The van der Waals surface area contributed by atoms with Crippen molar-refractivity contribution in [2.75, 3.05) is 39.2 Å². The molecular formula is C13H25ClN2O3S. The van der Waals surface area contributed by atoms with Crippen LogP contribution in [0.15, 0.2) is 0 Å². The largest absolute Gasteiger partial charge is 0.381 e. The van der Waals surface area contributed by atoms with E-state index < -0.39 is 10.2 Å². The number of hydrogen-bond donors (Lipinski definition) is 0. The number of hydrogen-bond acceptors (Lipinski definition) is 3. The van der Waals surface area contributed by atoms with Gasteiger partial charge in [-0.05, 0) is 31.6 Å². The normalized spacial score (nSPS) is 29.8. The molecule has 0 aliphatic carbocycles. The van der Waals surface area contributed by atoms with Crippen molar-refractivity contribution in [3.63, 3.8) is 0 Å². The summed E-state index contributed by atoms with van der Waals surface area (Å²) >= 11 is 5.93. The van der Waals surface area contributed by atoms with Gasteiger partial charge in [0.2, 0.25) is 0 Å². The smallest absolute Gasteiger partial charge is 0.282 e. The Balaban J connectivity index is 1.99. The molecule has 2 saturated heterocycles. The van der Waals surface area contributed by atoms with Crippen molar-refractivity contribution >= 4 is 21.8 Å². The highest BCUT2D eigenvalue weighted by Crippen LogP contribution is 2.24. The lowest BCUT2D eigenvalue weighted by Gasteiger charge is -2.37. The van der Waals surface area contributed by atoms with Gasteiger partial charge in [0.15, 0.2) is 0 Å². The third-order valence-corrected chi connectivity index (χ3v) is 6.58. The molecule has 2 aliphatic rings. The maximum absolute atomic E-state index is 12.7. The minimum Gasteiger partial charge on any atom is -0.381 e. The molecule has 20 heavy (non-hydrogen) atoms. The van der Waals surface area contributed by atoms with Crippen LogP contribution in [0.4, 0.5) is 0 Å². The third-order valence-electron chi connectivity index (χ3n) is 4.21. The van der Waals surface area contributed by atoms with Crippen LogP contribution in [0.2, 0.25) is 0 Å². The second-order valence-corrected chi connectivity index (χ2v) is 8.08. The molecule has 0 saturated carbocycles. The lowest BCUT2D eigenvalue weighted by molar-refractivity contribution is 0.0488. The van der Waals surface area contributed by atoms with Crippen molar-refractivity contribution in [1.29, 1.82) is 0 Å². The number of nitrogens with zero attached hydrogens (tertiary/aromatic N) is 2. The number of halogens is 1. The quantitative estimate of drug-likeness (QED) is 0.723. The van der Waals surface area contributed by atoms with E-state index in [1.54, 1.807) is 11.4 Å². The molecule has 0 aromatic carbocycles. The molecule has 0 spiro atoms. The lowest BCUT2D eigenvalue weighted by atomic mass is 10.0. The van der Waals surface area contributed by atoms with E-state index >= 15 is 0 Å². The van der Waals surface area contributed by atoms with Gasteiger partial charge in [-0.1, -0.05) is 6.42 Å². The minimum atomic E-state index is -3.40. The van der Waals surface area contributed by atoms with Crippen LogP contribution in [0.1, 0.15) is 32.1 Å². The molecule has 0 aromatic heterocycles. The minimum absolute atomic E-state index is 0.0551. The van der Waals surface area contributed by atoms with E-state index in [1.165, 1.54) is 4.31 Å². The average Bonchev–Trinajstić information content (AvgIpc) is 2.48. The molecule has 2 aliphatic heterocycles. The van der Waals surface area contributed by atoms with Crippen LogP contribution in [-0.2, 0) is 14.9 Å². The number of ether oxygens (including phenoxy) is 1. The molecule has 2 rings (SSSR count). The van der Waals surface area contributed by atoms with Crippen LogP contribution in [-0.4, -0.2) is 62.3 Å². The third kappa shape index (κ3) is 3.85. The summed E-state index contributed by atoms with van der Waals surface area (Å²) in [6, 6.07) is -0.0551. The zero-order valence-corrected chi connectivity index (χ0v) is 13.7. The molecule has 0 amide bonds. The van der Waals surface area contributed by atoms with E-state index in [2.05, 4.69) is 0 Å². The van der Waals surface area contributed by atoms with Gasteiger partial charge in [0.1, 0.15) is 0 Å². The summed E-state index contributed by atoms with van der Waals surface area (Å²) in [4.78, 5) is 0. The molecule has 2 fully saturated rings. The highest BCUT2D eigenvalue weighted by atomic mass is 35.5. The Morgan fingerprint density at radius 3 is 2.75 bits per heavy atom. The molecule has 0 N–H and O–H groups in total. The first-order valence-corrected chi connectivity index (χ1v) is 9.35. The Morgan fingerprint density at radius 1 is 1.30 bits per heavy atom. The van der Waals surface area contributed by atoms with E-state index in [0.29, 0.717) is 31.5 Å². The van der Waals surface area contributed by atoms with Crippen LogP contribution < -0.4 is 0 Å². The summed E-state index contributed by atoms with van der Waals surface area (Å²) < 4.78 is 33.9. The zero-order chi connectivity index (χ0) is 14.6. The highest BCUT2D eigenvalue weighted by molar-refractivity contribution is 7.86. The SMILES string of the molecule is CN(CC1CCCOC1)S(=O)(=O)N1CCCCC1CCl. The number of rotatable bonds is 5. The molecule has 0 aromatic rings. The van der Waals surface area contributed by atoms with Crippen molar-refractivity contribution in [2.45, 2.75) is 38.1 Å². The molecule has 2 atom stereocenters. The first-order valence-electron chi connectivity index (χ1n) is 7.42. The van der Waals surface area contributed by atoms with Gasteiger partial charge < -0.3 is 4.74 Å². The van der Waals surface area contributed by atoms with Crippen LogP contribution >= 0.6 is 11.6 Å². The van der Waals surface area contributed by atoms with Crippen LogP contribution in [0, 0.1) is 5.92 Å². The van der Waals surface area contributed by atoms with E-state index in [4.69, 9.17) is 16.3 Å². The Kier molecular flexibility index (Phi) is 6.10. The summed E-state index contributed by atoms with van der Waals surface area (Å²) in [5.74, 6) is 0.683. The van der Waals surface area contributed by atoms with E-state index in [1.807, 2.05) is 0 Å².